The van der Waals surface area contributed by atoms with Gasteiger partial charge in [0, 0.05) is 13.5 Å². The molecule has 0 amide bonds. The third-order valence-corrected chi connectivity index (χ3v) is 3.04. The SMILES string of the molecule is CCCC(=O)O[C@H]1[C@H](O)[C@@H](O)[C@H](O)[C@@H](O)[C@H]1OC. The smallest absolute Gasteiger partial charge is 0.306 e. The molecule has 0 radical (unpaired) electrons. The van der Waals surface area contributed by atoms with Gasteiger partial charge in [-0.05, 0) is 6.42 Å². The summed E-state index contributed by atoms with van der Waals surface area (Å²) in [4.78, 5) is 11.4. The van der Waals surface area contributed by atoms with Crippen molar-refractivity contribution < 1.29 is 34.7 Å². The molecule has 106 valence electrons. The fourth-order valence-corrected chi connectivity index (χ4v) is 2.01. The summed E-state index contributed by atoms with van der Waals surface area (Å²) in [5.74, 6) is -0.556. The molecule has 4 N–H and O–H groups in total. The molecule has 1 aliphatic rings. The highest BCUT2D eigenvalue weighted by Crippen LogP contribution is 2.26. The molecule has 0 saturated heterocycles. The van der Waals surface area contributed by atoms with E-state index in [-0.39, 0.29) is 6.42 Å². The van der Waals surface area contributed by atoms with Crippen LogP contribution >= 0.6 is 0 Å². The third-order valence-electron chi connectivity index (χ3n) is 3.04. The average Bonchev–Trinajstić information content (AvgIpc) is 2.34. The lowest BCUT2D eigenvalue weighted by Crippen LogP contribution is -2.65. The molecule has 0 aliphatic heterocycles. The summed E-state index contributed by atoms with van der Waals surface area (Å²) >= 11 is 0. The molecule has 7 nitrogen and oxygen atoms in total. The molecule has 0 bridgehead atoms. The fourth-order valence-electron chi connectivity index (χ4n) is 2.01. The van der Waals surface area contributed by atoms with Crippen molar-refractivity contribution in [3.8, 4) is 0 Å². The van der Waals surface area contributed by atoms with Crippen LogP contribution in [-0.2, 0) is 14.3 Å². The van der Waals surface area contributed by atoms with Crippen molar-refractivity contribution >= 4 is 5.97 Å². The molecule has 1 saturated carbocycles. The largest absolute Gasteiger partial charge is 0.457 e. The van der Waals surface area contributed by atoms with E-state index < -0.39 is 42.6 Å². The zero-order valence-electron chi connectivity index (χ0n) is 10.4. The second-order valence-corrected chi connectivity index (χ2v) is 4.37. The van der Waals surface area contributed by atoms with Crippen LogP contribution in [0.2, 0.25) is 0 Å². The minimum absolute atomic E-state index is 0.161. The Bertz CT molecular complexity index is 283. The Kier molecular flexibility index (Phi) is 5.48. The zero-order chi connectivity index (χ0) is 13.9. The number of hydrogen-bond donors (Lipinski definition) is 4. The van der Waals surface area contributed by atoms with Crippen LogP contribution in [0.25, 0.3) is 0 Å². The monoisotopic (exact) mass is 264 g/mol. The van der Waals surface area contributed by atoms with Crippen LogP contribution in [0, 0.1) is 0 Å². The maximum Gasteiger partial charge on any atom is 0.306 e. The van der Waals surface area contributed by atoms with E-state index in [2.05, 4.69) is 0 Å². The number of methoxy groups -OCH3 is 1. The van der Waals surface area contributed by atoms with Gasteiger partial charge in [0.1, 0.15) is 30.5 Å². The van der Waals surface area contributed by atoms with Crippen molar-refractivity contribution in [2.75, 3.05) is 7.11 Å². The minimum Gasteiger partial charge on any atom is -0.457 e. The van der Waals surface area contributed by atoms with Crippen LogP contribution in [0.3, 0.4) is 0 Å². The molecule has 0 aromatic carbocycles. The van der Waals surface area contributed by atoms with Gasteiger partial charge in [0.15, 0.2) is 6.10 Å². The number of esters is 1. The van der Waals surface area contributed by atoms with E-state index in [1.165, 1.54) is 7.11 Å². The van der Waals surface area contributed by atoms with Crippen molar-refractivity contribution in [1.29, 1.82) is 0 Å². The predicted octanol–water partition coefficient (Wildman–Crippen LogP) is -1.83. The Morgan fingerprint density at radius 3 is 1.94 bits per heavy atom. The van der Waals surface area contributed by atoms with Crippen molar-refractivity contribution in [1.82, 2.24) is 0 Å². The lowest BCUT2D eigenvalue weighted by Gasteiger charge is -2.42. The van der Waals surface area contributed by atoms with Gasteiger partial charge in [-0.3, -0.25) is 4.79 Å². The first-order valence-electron chi connectivity index (χ1n) is 5.88. The molecular formula is C11H20O7. The number of ether oxygens (including phenoxy) is 2. The first-order valence-corrected chi connectivity index (χ1v) is 5.88. The van der Waals surface area contributed by atoms with Crippen LogP contribution in [-0.4, -0.2) is 70.1 Å². The predicted molar refractivity (Wildman–Crippen MR) is 59.6 cm³/mol. The minimum atomic E-state index is -1.59. The molecule has 0 aromatic rings. The van der Waals surface area contributed by atoms with Crippen LogP contribution in [0.5, 0.6) is 0 Å². The molecule has 6 atom stereocenters. The van der Waals surface area contributed by atoms with E-state index in [4.69, 9.17) is 9.47 Å². The summed E-state index contributed by atoms with van der Waals surface area (Å²) in [6.45, 7) is 1.79. The Morgan fingerprint density at radius 2 is 1.50 bits per heavy atom. The summed E-state index contributed by atoms with van der Waals surface area (Å²) in [7, 11) is 1.26. The van der Waals surface area contributed by atoms with Gasteiger partial charge in [-0.25, -0.2) is 0 Å². The van der Waals surface area contributed by atoms with Gasteiger partial charge in [-0.2, -0.15) is 0 Å². The average molecular weight is 264 g/mol. The Hall–Kier alpha value is -0.730. The lowest BCUT2D eigenvalue weighted by molar-refractivity contribution is -0.239. The zero-order valence-corrected chi connectivity index (χ0v) is 10.4. The standard InChI is InChI=1S/C11H20O7/c1-3-4-5(12)18-11-9(16)7(14)6(13)8(15)10(11)17-2/h6-11,13-16H,3-4H2,1-2H3/t6-,7-,8+,9+,10+,11-/m0/s1. The molecule has 0 spiro atoms. The van der Waals surface area contributed by atoms with Gasteiger partial charge < -0.3 is 29.9 Å². The highest BCUT2D eigenvalue weighted by Gasteiger charge is 2.51. The van der Waals surface area contributed by atoms with E-state index in [1.54, 1.807) is 6.92 Å². The third kappa shape index (κ3) is 2.99. The number of rotatable bonds is 4. The van der Waals surface area contributed by atoms with Crippen molar-refractivity contribution in [2.24, 2.45) is 0 Å². The molecule has 1 fully saturated rings. The molecule has 0 unspecified atom stereocenters. The summed E-state index contributed by atoms with van der Waals surface area (Å²) in [5, 5.41) is 38.5. The number of aliphatic hydroxyl groups is 4. The molecule has 1 aliphatic carbocycles. The molecule has 7 heteroatoms. The second kappa shape index (κ2) is 6.44. The van der Waals surface area contributed by atoms with E-state index in [0.29, 0.717) is 6.42 Å². The first kappa shape index (κ1) is 15.3. The number of carbonyl (C=O) groups excluding carboxylic acids is 1. The van der Waals surface area contributed by atoms with E-state index in [1.807, 2.05) is 0 Å². The first-order chi connectivity index (χ1) is 8.43. The van der Waals surface area contributed by atoms with Gasteiger partial charge in [-0.1, -0.05) is 6.92 Å². The van der Waals surface area contributed by atoms with Crippen LogP contribution < -0.4 is 0 Å². The summed E-state index contributed by atoms with van der Waals surface area (Å²) in [5.41, 5.74) is 0. The lowest BCUT2D eigenvalue weighted by atomic mass is 9.84. The summed E-state index contributed by atoms with van der Waals surface area (Å²) in [6.07, 6.45) is -7.64. The second-order valence-electron chi connectivity index (χ2n) is 4.37. The van der Waals surface area contributed by atoms with Crippen LogP contribution in [0.1, 0.15) is 19.8 Å². The fraction of sp³-hybridized carbons (Fsp3) is 0.909. The van der Waals surface area contributed by atoms with Crippen molar-refractivity contribution in [3.05, 3.63) is 0 Å². The number of aliphatic hydroxyl groups excluding tert-OH is 4. The Labute approximate surface area is 105 Å². The van der Waals surface area contributed by atoms with Crippen LogP contribution in [0.15, 0.2) is 0 Å². The van der Waals surface area contributed by atoms with Gasteiger partial charge in [-0.15, -0.1) is 0 Å². The van der Waals surface area contributed by atoms with E-state index >= 15 is 0 Å². The maximum absolute atomic E-state index is 11.4. The molecule has 18 heavy (non-hydrogen) atoms. The number of carbonyl (C=O) groups is 1. The van der Waals surface area contributed by atoms with Gasteiger partial charge in [0.2, 0.25) is 0 Å². The molecule has 1 rings (SSSR count). The molecule has 0 heterocycles. The molecular weight excluding hydrogens is 244 g/mol. The van der Waals surface area contributed by atoms with Gasteiger partial charge in [0.05, 0.1) is 0 Å². The summed E-state index contributed by atoms with van der Waals surface area (Å²) < 4.78 is 9.92. The normalized spacial score (nSPS) is 40.6. The highest BCUT2D eigenvalue weighted by molar-refractivity contribution is 5.69. The topological polar surface area (TPSA) is 116 Å². The van der Waals surface area contributed by atoms with Crippen molar-refractivity contribution in [3.63, 3.8) is 0 Å². The Balaban J connectivity index is 2.81. The summed E-state index contributed by atoms with van der Waals surface area (Å²) in [6, 6.07) is 0. The van der Waals surface area contributed by atoms with E-state index in [0.717, 1.165) is 0 Å². The van der Waals surface area contributed by atoms with E-state index in [9.17, 15) is 25.2 Å². The van der Waals surface area contributed by atoms with Gasteiger partial charge in [0.25, 0.3) is 0 Å². The quantitative estimate of drug-likeness (QED) is 0.441. The van der Waals surface area contributed by atoms with Gasteiger partial charge >= 0.3 is 5.97 Å². The Morgan fingerprint density at radius 1 is 1.00 bits per heavy atom. The maximum atomic E-state index is 11.4. The molecule has 0 aromatic heterocycles. The van der Waals surface area contributed by atoms with Crippen molar-refractivity contribution in [2.45, 2.75) is 56.4 Å². The highest BCUT2D eigenvalue weighted by atomic mass is 16.6. The number of hydrogen-bond acceptors (Lipinski definition) is 7. The van der Waals surface area contributed by atoms with Crippen LogP contribution in [0.4, 0.5) is 0 Å².